The summed E-state index contributed by atoms with van der Waals surface area (Å²) in [5.41, 5.74) is 9.92. The molecule has 0 spiro atoms. The summed E-state index contributed by atoms with van der Waals surface area (Å²) in [6.45, 7) is 4.05. The maximum Gasteiger partial charge on any atom is 0.0485 e. The first-order valence-electron chi connectivity index (χ1n) is 5.59. The number of nitrogens with two attached hydrogens (primary N) is 1. The summed E-state index contributed by atoms with van der Waals surface area (Å²) in [7, 11) is 0. The second-order valence-electron chi connectivity index (χ2n) is 4.50. The number of aryl methyl sites for hydroxylation is 2. The van der Waals surface area contributed by atoms with Crippen LogP contribution in [0.4, 0.5) is 0 Å². The Balaban J connectivity index is 2.26. The Morgan fingerprint density at radius 2 is 2.27 bits per heavy atom. The van der Waals surface area contributed by atoms with Crippen LogP contribution in [0, 0.1) is 6.92 Å². The van der Waals surface area contributed by atoms with E-state index in [0.717, 1.165) is 13.1 Å². The highest BCUT2D eigenvalue weighted by atomic mass is 15.0. The van der Waals surface area contributed by atoms with Gasteiger partial charge in [-0.3, -0.25) is 0 Å². The van der Waals surface area contributed by atoms with E-state index in [0.29, 0.717) is 5.92 Å². The number of benzene rings is 1. The predicted octanol–water partition coefficient (Wildman–Crippen LogP) is 2.40. The zero-order valence-corrected chi connectivity index (χ0v) is 9.03. The Bertz CT molecular complexity index is 510. The van der Waals surface area contributed by atoms with Crippen molar-refractivity contribution in [2.45, 2.75) is 25.8 Å². The van der Waals surface area contributed by atoms with Crippen molar-refractivity contribution in [3.05, 3.63) is 35.5 Å². The molecule has 3 rings (SSSR count). The molecule has 0 radical (unpaired) electrons. The van der Waals surface area contributed by atoms with Gasteiger partial charge in [-0.2, -0.15) is 0 Å². The SMILES string of the molecule is Cc1ccc2cc3n(c2c1)CCC3CN. The monoisotopic (exact) mass is 200 g/mol. The molecular weight excluding hydrogens is 184 g/mol. The molecule has 0 aliphatic carbocycles. The average Bonchev–Trinajstić information content (AvgIpc) is 2.76. The highest BCUT2D eigenvalue weighted by Gasteiger charge is 2.23. The summed E-state index contributed by atoms with van der Waals surface area (Å²) < 4.78 is 2.43. The molecule has 0 amide bonds. The lowest BCUT2D eigenvalue weighted by molar-refractivity contribution is 0.673. The molecule has 0 saturated carbocycles. The predicted molar refractivity (Wildman–Crippen MR) is 63.1 cm³/mol. The summed E-state index contributed by atoms with van der Waals surface area (Å²) in [5, 5.41) is 1.36. The van der Waals surface area contributed by atoms with Gasteiger partial charge in [0.1, 0.15) is 0 Å². The van der Waals surface area contributed by atoms with Crippen LogP contribution in [-0.4, -0.2) is 11.1 Å². The summed E-state index contributed by atoms with van der Waals surface area (Å²) in [6, 6.07) is 8.97. The van der Waals surface area contributed by atoms with Crippen LogP contribution in [-0.2, 0) is 6.54 Å². The minimum Gasteiger partial charge on any atom is -0.344 e. The Morgan fingerprint density at radius 3 is 3.07 bits per heavy atom. The minimum absolute atomic E-state index is 0.567. The minimum atomic E-state index is 0.567. The van der Waals surface area contributed by atoms with Gasteiger partial charge in [-0.1, -0.05) is 12.1 Å². The molecular formula is C13H16N2. The van der Waals surface area contributed by atoms with E-state index in [2.05, 4.69) is 35.8 Å². The van der Waals surface area contributed by atoms with E-state index in [1.165, 1.54) is 28.6 Å². The topological polar surface area (TPSA) is 30.9 Å². The number of aromatic nitrogens is 1. The Kier molecular flexibility index (Phi) is 1.86. The van der Waals surface area contributed by atoms with Crippen LogP contribution >= 0.6 is 0 Å². The maximum absolute atomic E-state index is 5.79. The van der Waals surface area contributed by atoms with Crippen LogP contribution in [0.2, 0.25) is 0 Å². The van der Waals surface area contributed by atoms with E-state index in [9.17, 15) is 0 Å². The van der Waals surface area contributed by atoms with Crippen molar-refractivity contribution in [1.29, 1.82) is 0 Å². The molecule has 15 heavy (non-hydrogen) atoms. The number of hydrogen-bond acceptors (Lipinski definition) is 1. The van der Waals surface area contributed by atoms with Crippen LogP contribution in [0.15, 0.2) is 24.3 Å². The van der Waals surface area contributed by atoms with E-state index >= 15 is 0 Å². The summed E-state index contributed by atoms with van der Waals surface area (Å²) in [6.07, 6.45) is 1.20. The smallest absolute Gasteiger partial charge is 0.0485 e. The van der Waals surface area contributed by atoms with Crippen LogP contribution < -0.4 is 5.73 Å². The molecule has 2 N–H and O–H groups in total. The molecule has 1 atom stereocenters. The maximum atomic E-state index is 5.79. The van der Waals surface area contributed by atoms with E-state index in [1.54, 1.807) is 0 Å². The third kappa shape index (κ3) is 1.21. The van der Waals surface area contributed by atoms with Crippen LogP contribution in [0.25, 0.3) is 10.9 Å². The molecule has 1 aromatic carbocycles. The Labute approximate surface area is 89.7 Å². The van der Waals surface area contributed by atoms with Crippen LogP contribution in [0.3, 0.4) is 0 Å². The van der Waals surface area contributed by atoms with Gasteiger partial charge < -0.3 is 10.3 Å². The molecule has 1 aliphatic rings. The van der Waals surface area contributed by atoms with Gasteiger partial charge in [0, 0.05) is 30.2 Å². The van der Waals surface area contributed by atoms with Crippen molar-refractivity contribution in [3.8, 4) is 0 Å². The summed E-state index contributed by atoms with van der Waals surface area (Å²) in [4.78, 5) is 0. The van der Waals surface area contributed by atoms with Crippen molar-refractivity contribution < 1.29 is 0 Å². The Morgan fingerprint density at radius 1 is 1.40 bits per heavy atom. The molecule has 2 heterocycles. The van der Waals surface area contributed by atoms with Crippen LogP contribution in [0.5, 0.6) is 0 Å². The molecule has 2 aromatic rings. The zero-order chi connectivity index (χ0) is 10.4. The van der Waals surface area contributed by atoms with Gasteiger partial charge in [0.2, 0.25) is 0 Å². The molecule has 2 heteroatoms. The first-order chi connectivity index (χ1) is 7.29. The normalized spacial score (nSPS) is 19.7. The second kappa shape index (κ2) is 3.11. The summed E-state index contributed by atoms with van der Waals surface area (Å²) >= 11 is 0. The van der Waals surface area contributed by atoms with E-state index < -0.39 is 0 Å². The van der Waals surface area contributed by atoms with Crippen molar-refractivity contribution >= 4 is 10.9 Å². The lowest BCUT2D eigenvalue weighted by Gasteiger charge is -2.03. The van der Waals surface area contributed by atoms with E-state index in [1.807, 2.05) is 0 Å². The van der Waals surface area contributed by atoms with E-state index in [4.69, 9.17) is 5.73 Å². The van der Waals surface area contributed by atoms with Gasteiger partial charge >= 0.3 is 0 Å². The lowest BCUT2D eigenvalue weighted by atomic mass is 10.0. The van der Waals surface area contributed by atoms with Gasteiger partial charge in [-0.05, 0) is 36.4 Å². The molecule has 0 fully saturated rings. The third-order valence-corrected chi connectivity index (χ3v) is 3.50. The van der Waals surface area contributed by atoms with Gasteiger partial charge in [0.15, 0.2) is 0 Å². The third-order valence-electron chi connectivity index (χ3n) is 3.50. The molecule has 78 valence electrons. The summed E-state index contributed by atoms with van der Waals surface area (Å²) in [5.74, 6) is 0.567. The number of nitrogens with zero attached hydrogens (tertiary/aromatic N) is 1. The average molecular weight is 200 g/mol. The molecule has 2 nitrogen and oxygen atoms in total. The second-order valence-corrected chi connectivity index (χ2v) is 4.50. The quantitative estimate of drug-likeness (QED) is 0.753. The largest absolute Gasteiger partial charge is 0.344 e. The molecule has 0 bridgehead atoms. The number of hydrogen-bond donors (Lipinski definition) is 1. The first-order valence-corrected chi connectivity index (χ1v) is 5.59. The standard InChI is InChI=1S/C13H16N2/c1-9-2-3-10-7-13-11(8-14)4-5-15(13)12(10)6-9/h2-3,6-7,11H,4-5,8,14H2,1H3. The van der Waals surface area contributed by atoms with E-state index in [-0.39, 0.29) is 0 Å². The van der Waals surface area contributed by atoms with Gasteiger partial charge in [0.25, 0.3) is 0 Å². The number of rotatable bonds is 1. The highest BCUT2D eigenvalue weighted by Crippen LogP contribution is 2.33. The lowest BCUT2D eigenvalue weighted by Crippen LogP contribution is -2.08. The molecule has 1 aliphatic heterocycles. The molecule has 1 aromatic heterocycles. The van der Waals surface area contributed by atoms with Crippen molar-refractivity contribution in [2.75, 3.05) is 6.54 Å². The zero-order valence-electron chi connectivity index (χ0n) is 9.03. The van der Waals surface area contributed by atoms with Gasteiger partial charge in [0.05, 0.1) is 0 Å². The Hall–Kier alpha value is -1.28. The fraction of sp³-hybridized carbons (Fsp3) is 0.385. The van der Waals surface area contributed by atoms with Crippen molar-refractivity contribution in [1.82, 2.24) is 4.57 Å². The van der Waals surface area contributed by atoms with Crippen LogP contribution in [0.1, 0.15) is 23.6 Å². The number of fused-ring (bicyclic) bond motifs is 3. The molecule has 0 saturated heterocycles. The van der Waals surface area contributed by atoms with Crippen molar-refractivity contribution in [3.63, 3.8) is 0 Å². The fourth-order valence-electron chi connectivity index (χ4n) is 2.65. The van der Waals surface area contributed by atoms with Gasteiger partial charge in [-0.25, -0.2) is 0 Å². The molecule has 1 unspecified atom stereocenters. The fourth-order valence-corrected chi connectivity index (χ4v) is 2.65. The highest BCUT2D eigenvalue weighted by molar-refractivity contribution is 5.82. The van der Waals surface area contributed by atoms with Crippen molar-refractivity contribution in [2.24, 2.45) is 5.73 Å². The first kappa shape index (κ1) is 8.98. The van der Waals surface area contributed by atoms with Gasteiger partial charge in [-0.15, -0.1) is 0 Å².